The molecule has 1 aliphatic heterocycles. The summed E-state index contributed by atoms with van der Waals surface area (Å²) in [5, 5.41) is 9.04. The van der Waals surface area contributed by atoms with Gasteiger partial charge in [-0.3, -0.25) is 4.98 Å². The van der Waals surface area contributed by atoms with Gasteiger partial charge in [-0.1, -0.05) is 0 Å². The van der Waals surface area contributed by atoms with Crippen molar-refractivity contribution in [2.24, 2.45) is 0 Å². The largest absolute Gasteiger partial charge is 0.478 e. The Bertz CT molecular complexity index is 625. The zero-order valence-corrected chi connectivity index (χ0v) is 11.5. The minimum Gasteiger partial charge on any atom is -0.478 e. The van der Waals surface area contributed by atoms with Gasteiger partial charge in [0.15, 0.2) is 0 Å². The third kappa shape index (κ3) is 2.94. The molecule has 0 amide bonds. The molecule has 0 bridgehead atoms. The van der Waals surface area contributed by atoms with Crippen LogP contribution in [0.4, 0.5) is 11.5 Å². The summed E-state index contributed by atoms with van der Waals surface area (Å²) in [7, 11) is 0. The molecule has 0 aliphatic carbocycles. The maximum absolute atomic E-state index is 11.0. The van der Waals surface area contributed by atoms with Gasteiger partial charge in [-0.15, -0.1) is 0 Å². The molecular weight excluding hydrogens is 268 g/mol. The number of piperazine rings is 1. The van der Waals surface area contributed by atoms with E-state index in [4.69, 9.17) is 5.11 Å². The van der Waals surface area contributed by atoms with Crippen molar-refractivity contribution < 1.29 is 9.90 Å². The maximum Gasteiger partial charge on any atom is 0.335 e. The topological polar surface area (TPSA) is 69.6 Å². The van der Waals surface area contributed by atoms with Crippen LogP contribution in [0.1, 0.15) is 10.4 Å². The molecule has 0 spiro atoms. The standard InChI is InChI=1S/C15H16N4O2/c20-15(21)12-1-6-17-14(11-12)19-9-7-18(8-10-19)13-2-4-16-5-3-13/h1-6,11H,7-10H2,(H,20,21). The van der Waals surface area contributed by atoms with Crippen molar-refractivity contribution in [3.05, 3.63) is 48.4 Å². The number of hydrogen-bond acceptors (Lipinski definition) is 5. The fraction of sp³-hybridized carbons (Fsp3) is 0.267. The lowest BCUT2D eigenvalue weighted by Crippen LogP contribution is -2.46. The van der Waals surface area contributed by atoms with Crippen LogP contribution in [0.2, 0.25) is 0 Å². The first-order valence-electron chi connectivity index (χ1n) is 6.83. The first-order valence-corrected chi connectivity index (χ1v) is 6.83. The Morgan fingerprint density at radius 1 is 1.00 bits per heavy atom. The summed E-state index contributed by atoms with van der Waals surface area (Å²) < 4.78 is 0. The van der Waals surface area contributed by atoms with E-state index in [1.165, 1.54) is 6.07 Å². The van der Waals surface area contributed by atoms with Crippen LogP contribution in [-0.4, -0.2) is 47.2 Å². The zero-order chi connectivity index (χ0) is 14.7. The minimum absolute atomic E-state index is 0.275. The highest BCUT2D eigenvalue weighted by atomic mass is 16.4. The van der Waals surface area contributed by atoms with Crippen molar-refractivity contribution in [3.8, 4) is 0 Å². The van der Waals surface area contributed by atoms with Gasteiger partial charge < -0.3 is 14.9 Å². The molecular formula is C15H16N4O2. The van der Waals surface area contributed by atoms with E-state index >= 15 is 0 Å². The first-order chi connectivity index (χ1) is 10.2. The third-order valence-corrected chi connectivity index (χ3v) is 3.62. The molecule has 1 N–H and O–H groups in total. The number of carboxylic acids is 1. The summed E-state index contributed by atoms with van der Waals surface area (Å²) in [5.41, 5.74) is 1.44. The minimum atomic E-state index is -0.922. The molecule has 0 atom stereocenters. The number of nitrogens with zero attached hydrogens (tertiary/aromatic N) is 4. The highest BCUT2D eigenvalue weighted by Gasteiger charge is 2.19. The summed E-state index contributed by atoms with van der Waals surface area (Å²) >= 11 is 0. The van der Waals surface area contributed by atoms with Crippen LogP contribution in [0.15, 0.2) is 42.9 Å². The Morgan fingerprint density at radius 3 is 2.33 bits per heavy atom. The Hall–Kier alpha value is -2.63. The molecule has 0 radical (unpaired) electrons. The fourth-order valence-corrected chi connectivity index (χ4v) is 2.47. The Morgan fingerprint density at radius 2 is 1.67 bits per heavy atom. The van der Waals surface area contributed by atoms with Crippen molar-refractivity contribution in [3.63, 3.8) is 0 Å². The second kappa shape index (κ2) is 5.78. The van der Waals surface area contributed by atoms with Crippen LogP contribution < -0.4 is 9.80 Å². The number of carbonyl (C=O) groups is 1. The number of hydrogen-bond donors (Lipinski definition) is 1. The molecule has 6 heteroatoms. The lowest BCUT2D eigenvalue weighted by Gasteiger charge is -2.36. The molecule has 108 valence electrons. The van der Waals surface area contributed by atoms with Crippen molar-refractivity contribution in [1.82, 2.24) is 9.97 Å². The van der Waals surface area contributed by atoms with E-state index in [1.807, 2.05) is 12.1 Å². The third-order valence-electron chi connectivity index (χ3n) is 3.62. The second-order valence-electron chi connectivity index (χ2n) is 4.89. The van der Waals surface area contributed by atoms with Gasteiger partial charge in [0.2, 0.25) is 0 Å². The Labute approximate surface area is 122 Å². The molecule has 3 heterocycles. The van der Waals surface area contributed by atoms with E-state index in [0.717, 1.165) is 37.7 Å². The molecule has 21 heavy (non-hydrogen) atoms. The van der Waals surface area contributed by atoms with E-state index in [0.29, 0.717) is 0 Å². The number of aromatic nitrogens is 2. The SMILES string of the molecule is O=C(O)c1ccnc(N2CCN(c3ccncc3)CC2)c1. The van der Waals surface area contributed by atoms with Gasteiger partial charge in [-0.2, -0.15) is 0 Å². The van der Waals surface area contributed by atoms with Gasteiger partial charge in [-0.25, -0.2) is 9.78 Å². The predicted molar refractivity (Wildman–Crippen MR) is 79.9 cm³/mol. The van der Waals surface area contributed by atoms with E-state index in [1.54, 1.807) is 24.7 Å². The predicted octanol–water partition coefficient (Wildman–Crippen LogP) is 1.50. The molecule has 1 aliphatic rings. The van der Waals surface area contributed by atoms with E-state index in [-0.39, 0.29) is 5.56 Å². The number of anilines is 2. The molecule has 1 fully saturated rings. The highest BCUT2D eigenvalue weighted by Crippen LogP contribution is 2.19. The second-order valence-corrected chi connectivity index (χ2v) is 4.89. The molecule has 2 aromatic heterocycles. The van der Waals surface area contributed by atoms with Crippen LogP contribution in [0.5, 0.6) is 0 Å². The van der Waals surface area contributed by atoms with Gasteiger partial charge in [0.05, 0.1) is 5.56 Å². The molecule has 0 saturated carbocycles. The van der Waals surface area contributed by atoms with Crippen LogP contribution in [0.3, 0.4) is 0 Å². The van der Waals surface area contributed by atoms with Gasteiger partial charge >= 0.3 is 5.97 Å². The van der Waals surface area contributed by atoms with Crippen LogP contribution in [0.25, 0.3) is 0 Å². The van der Waals surface area contributed by atoms with Gasteiger partial charge in [0, 0.05) is 50.5 Å². The van der Waals surface area contributed by atoms with Crippen molar-refractivity contribution >= 4 is 17.5 Å². The van der Waals surface area contributed by atoms with E-state index in [2.05, 4.69) is 19.8 Å². The quantitative estimate of drug-likeness (QED) is 0.921. The van der Waals surface area contributed by atoms with Crippen LogP contribution >= 0.6 is 0 Å². The van der Waals surface area contributed by atoms with Crippen molar-refractivity contribution in [2.45, 2.75) is 0 Å². The summed E-state index contributed by atoms with van der Waals surface area (Å²) in [4.78, 5) is 23.7. The van der Waals surface area contributed by atoms with E-state index in [9.17, 15) is 4.79 Å². The number of aromatic carboxylic acids is 1. The average molecular weight is 284 g/mol. The van der Waals surface area contributed by atoms with Crippen LogP contribution in [-0.2, 0) is 0 Å². The highest BCUT2D eigenvalue weighted by molar-refractivity contribution is 5.88. The summed E-state index contributed by atoms with van der Waals surface area (Å²) in [6, 6.07) is 7.14. The molecule has 0 unspecified atom stereocenters. The van der Waals surface area contributed by atoms with Gasteiger partial charge in [0.1, 0.15) is 5.82 Å². The van der Waals surface area contributed by atoms with Gasteiger partial charge in [-0.05, 0) is 24.3 Å². The molecule has 1 saturated heterocycles. The molecule has 2 aromatic rings. The summed E-state index contributed by atoms with van der Waals surface area (Å²) in [6.07, 6.45) is 5.13. The van der Waals surface area contributed by atoms with Crippen molar-refractivity contribution in [2.75, 3.05) is 36.0 Å². The average Bonchev–Trinajstić information content (AvgIpc) is 2.56. The normalized spacial score (nSPS) is 15.0. The van der Waals surface area contributed by atoms with Crippen LogP contribution in [0, 0.1) is 0 Å². The molecule has 6 nitrogen and oxygen atoms in total. The summed E-state index contributed by atoms with van der Waals surface area (Å²) in [5.74, 6) is -0.196. The lowest BCUT2D eigenvalue weighted by atomic mass is 10.2. The number of pyridine rings is 2. The molecule has 3 rings (SSSR count). The lowest BCUT2D eigenvalue weighted by molar-refractivity contribution is 0.0697. The smallest absolute Gasteiger partial charge is 0.335 e. The Balaban J connectivity index is 1.68. The number of rotatable bonds is 3. The maximum atomic E-state index is 11.0. The summed E-state index contributed by atoms with van der Waals surface area (Å²) in [6.45, 7) is 3.39. The Kier molecular flexibility index (Phi) is 3.68. The van der Waals surface area contributed by atoms with Crippen molar-refractivity contribution in [1.29, 1.82) is 0 Å². The fourth-order valence-electron chi connectivity index (χ4n) is 2.47. The first kappa shape index (κ1) is 13.4. The van der Waals surface area contributed by atoms with E-state index < -0.39 is 5.97 Å². The zero-order valence-electron chi connectivity index (χ0n) is 11.5. The number of carboxylic acid groups (broad SMARTS) is 1. The monoisotopic (exact) mass is 284 g/mol. The van der Waals surface area contributed by atoms with Gasteiger partial charge in [0.25, 0.3) is 0 Å². The molecule has 0 aromatic carbocycles.